The Hall–Kier alpha value is -2.27. The van der Waals surface area contributed by atoms with Crippen molar-refractivity contribution in [2.75, 3.05) is 6.54 Å². The van der Waals surface area contributed by atoms with Gasteiger partial charge in [-0.2, -0.15) is 0 Å². The van der Waals surface area contributed by atoms with E-state index in [1.165, 1.54) is 18.6 Å². The predicted molar refractivity (Wildman–Crippen MR) is 69.0 cm³/mol. The zero-order chi connectivity index (χ0) is 13.5. The SMILES string of the molecule is O=C(/C=C/c1ccco1)NCCC(O)c1ccoc1. The van der Waals surface area contributed by atoms with Gasteiger partial charge in [-0.15, -0.1) is 0 Å². The van der Waals surface area contributed by atoms with Crippen LogP contribution in [0.4, 0.5) is 0 Å². The molecule has 2 aromatic rings. The van der Waals surface area contributed by atoms with E-state index >= 15 is 0 Å². The summed E-state index contributed by atoms with van der Waals surface area (Å²) in [5.74, 6) is 0.393. The smallest absolute Gasteiger partial charge is 0.244 e. The summed E-state index contributed by atoms with van der Waals surface area (Å²) in [6.07, 6.45) is 7.31. The molecule has 0 saturated heterocycles. The molecule has 0 radical (unpaired) electrons. The monoisotopic (exact) mass is 261 g/mol. The Kier molecular flexibility index (Phi) is 4.58. The molecular weight excluding hydrogens is 246 g/mol. The van der Waals surface area contributed by atoms with Gasteiger partial charge in [0.1, 0.15) is 5.76 Å². The van der Waals surface area contributed by atoms with Crippen LogP contribution < -0.4 is 5.32 Å². The highest BCUT2D eigenvalue weighted by Gasteiger charge is 2.08. The molecule has 0 bridgehead atoms. The van der Waals surface area contributed by atoms with Crippen LogP contribution >= 0.6 is 0 Å². The normalized spacial score (nSPS) is 12.7. The topological polar surface area (TPSA) is 75.6 Å². The Morgan fingerprint density at radius 1 is 1.42 bits per heavy atom. The molecule has 0 saturated carbocycles. The number of aliphatic hydroxyl groups excluding tert-OH is 1. The molecule has 100 valence electrons. The average Bonchev–Trinajstić information content (AvgIpc) is 3.09. The zero-order valence-electron chi connectivity index (χ0n) is 10.3. The molecule has 0 aliphatic heterocycles. The predicted octanol–water partition coefficient (Wildman–Crippen LogP) is 2.13. The highest BCUT2D eigenvalue weighted by atomic mass is 16.3. The van der Waals surface area contributed by atoms with Crippen LogP contribution in [0.5, 0.6) is 0 Å². The summed E-state index contributed by atoms with van der Waals surface area (Å²) in [7, 11) is 0. The molecule has 2 rings (SSSR count). The highest BCUT2D eigenvalue weighted by Crippen LogP contribution is 2.15. The molecule has 2 N–H and O–H groups in total. The van der Waals surface area contributed by atoms with Gasteiger partial charge in [-0.3, -0.25) is 4.79 Å². The molecule has 2 heterocycles. The van der Waals surface area contributed by atoms with E-state index in [9.17, 15) is 9.90 Å². The van der Waals surface area contributed by atoms with Crippen molar-refractivity contribution >= 4 is 12.0 Å². The number of hydrogen-bond donors (Lipinski definition) is 2. The molecule has 0 aromatic carbocycles. The first-order valence-corrected chi connectivity index (χ1v) is 5.95. The number of furan rings is 2. The summed E-state index contributed by atoms with van der Waals surface area (Å²) in [6, 6.07) is 5.20. The van der Waals surface area contributed by atoms with Crippen molar-refractivity contribution in [3.63, 3.8) is 0 Å². The first kappa shape index (κ1) is 13.2. The van der Waals surface area contributed by atoms with Gasteiger partial charge in [0, 0.05) is 18.2 Å². The maximum atomic E-state index is 11.5. The van der Waals surface area contributed by atoms with Crippen molar-refractivity contribution in [3.05, 3.63) is 54.4 Å². The van der Waals surface area contributed by atoms with E-state index in [1.54, 1.807) is 30.5 Å². The maximum Gasteiger partial charge on any atom is 0.244 e. The largest absolute Gasteiger partial charge is 0.472 e. The lowest BCUT2D eigenvalue weighted by atomic mass is 10.1. The van der Waals surface area contributed by atoms with Gasteiger partial charge >= 0.3 is 0 Å². The third-order valence-electron chi connectivity index (χ3n) is 2.59. The van der Waals surface area contributed by atoms with E-state index in [2.05, 4.69) is 5.32 Å². The number of aliphatic hydroxyl groups is 1. The lowest BCUT2D eigenvalue weighted by Gasteiger charge is -2.07. The number of amides is 1. The van der Waals surface area contributed by atoms with Gasteiger partial charge in [-0.05, 0) is 30.7 Å². The molecule has 0 spiro atoms. The van der Waals surface area contributed by atoms with Crippen LogP contribution in [0.1, 0.15) is 23.8 Å². The van der Waals surface area contributed by atoms with Crippen LogP contribution in [0.15, 0.2) is 51.9 Å². The van der Waals surface area contributed by atoms with Crippen LogP contribution in [0.25, 0.3) is 6.08 Å². The van der Waals surface area contributed by atoms with E-state index in [0.29, 0.717) is 24.3 Å². The Balaban J connectivity index is 1.69. The molecule has 0 aliphatic rings. The van der Waals surface area contributed by atoms with E-state index in [4.69, 9.17) is 8.83 Å². The van der Waals surface area contributed by atoms with Crippen LogP contribution in [0.3, 0.4) is 0 Å². The number of carbonyl (C=O) groups excluding carboxylic acids is 1. The summed E-state index contributed by atoms with van der Waals surface area (Å²) in [5.41, 5.74) is 0.709. The van der Waals surface area contributed by atoms with Gasteiger partial charge in [0.05, 0.1) is 24.9 Å². The summed E-state index contributed by atoms with van der Waals surface area (Å²) in [4.78, 5) is 11.5. The maximum absolute atomic E-state index is 11.5. The molecule has 5 nitrogen and oxygen atoms in total. The molecule has 5 heteroatoms. The molecule has 1 amide bonds. The van der Waals surface area contributed by atoms with Crippen molar-refractivity contribution in [1.82, 2.24) is 5.32 Å². The first-order chi connectivity index (χ1) is 9.25. The Bertz CT molecular complexity index is 514. The van der Waals surface area contributed by atoms with Gasteiger partial charge in [-0.25, -0.2) is 0 Å². The Morgan fingerprint density at radius 2 is 2.32 bits per heavy atom. The fraction of sp³-hybridized carbons (Fsp3) is 0.214. The third kappa shape index (κ3) is 4.15. The highest BCUT2D eigenvalue weighted by molar-refractivity contribution is 5.91. The molecule has 1 unspecified atom stereocenters. The van der Waals surface area contributed by atoms with Crippen molar-refractivity contribution in [1.29, 1.82) is 0 Å². The van der Waals surface area contributed by atoms with Crippen molar-refractivity contribution in [3.8, 4) is 0 Å². The molecule has 1 atom stereocenters. The number of carbonyl (C=O) groups is 1. The molecule has 0 fully saturated rings. The van der Waals surface area contributed by atoms with Crippen molar-refractivity contribution in [2.45, 2.75) is 12.5 Å². The molecule has 0 aliphatic carbocycles. The summed E-state index contributed by atoms with van der Waals surface area (Å²) in [6.45, 7) is 0.383. The van der Waals surface area contributed by atoms with Crippen LogP contribution in [-0.4, -0.2) is 17.6 Å². The summed E-state index contributed by atoms with van der Waals surface area (Å²) < 4.78 is 9.93. The standard InChI is InChI=1S/C14H15NO4/c16-13(11-6-9-18-10-11)5-7-15-14(17)4-3-12-2-1-8-19-12/h1-4,6,8-10,13,16H,5,7H2,(H,15,17)/b4-3+. The fourth-order valence-electron chi connectivity index (χ4n) is 1.57. The second-order valence-corrected chi connectivity index (χ2v) is 4.00. The van der Waals surface area contributed by atoms with E-state index in [1.807, 2.05) is 0 Å². The number of hydrogen-bond acceptors (Lipinski definition) is 4. The quantitative estimate of drug-likeness (QED) is 0.781. The van der Waals surface area contributed by atoms with Gasteiger partial charge in [0.25, 0.3) is 0 Å². The van der Waals surface area contributed by atoms with Gasteiger partial charge in [0.15, 0.2) is 0 Å². The second kappa shape index (κ2) is 6.61. The van der Waals surface area contributed by atoms with Gasteiger partial charge in [-0.1, -0.05) is 0 Å². The number of rotatable bonds is 6. The zero-order valence-corrected chi connectivity index (χ0v) is 10.3. The van der Waals surface area contributed by atoms with Crippen molar-refractivity contribution < 1.29 is 18.7 Å². The molecular formula is C14H15NO4. The minimum Gasteiger partial charge on any atom is -0.472 e. The van der Waals surface area contributed by atoms with Gasteiger partial charge in [0.2, 0.25) is 5.91 Å². The van der Waals surface area contributed by atoms with E-state index in [-0.39, 0.29) is 5.91 Å². The average molecular weight is 261 g/mol. The van der Waals surface area contributed by atoms with Crippen LogP contribution in [0, 0.1) is 0 Å². The molecule has 19 heavy (non-hydrogen) atoms. The molecule has 2 aromatic heterocycles. The van der Waals surface area contributed by atoms with Gasteiger partial charge < -0.3 is 19.3 Å². The summed E-state index contributed by atoms with van der Waals surface area (Å²) >= 11 is 0. The Labute approximate surface area is 110 Å². The van der Waals surface area contributed by atoms with Crippen molar-refractivity contribution in [2.24, 2.45) is 0 Å². The van der Waals surface area contributed by atoms with E-state index < -0.39 is 6.10 Å². The number of nitrogens with one attached hydrogen (secondary N) is 1. The fourth-order valence-corrected chi connectivity index (χ4v) is 1.57. The minimum absolute atomic E-state index is 0.226. The van der Waals surface area contributed by atoms with Crippen LogP contribution in [0.2, 0.25) is 0 Å². The Morgan fingerprint density at radius 3 is 3.00 bits per heavy atom. The van der Waals surface area contributed by atoms with E-state index in [0.717, 1.165) is 0 Å². The van der Waals surface area contributed by atoms with Crippen LogP contribution in [-0.2, 0) is 4.79 Å². The minimum atomic E-state index is -0.631. The second-order valence-electron chi connectivity index (χ2n) is 4.00. The lowest BCUT2D eigenvalue weighted by Crippen LogP contribution is -2.23. The first-order valence-electron chi connectivity index (χ1n) is 5.95. The summed E-state index contributed by atoms with van der Waals surface area (Å²) in [5, 5.41) is 12.4. The third-order valence-corrected chi connectivity index (χ3v) is 2.59. The lowest BCUT2D eigenvalue weighted by molar-refractivity contribution is -0.116.